The molecule has 0 spiro atoms. The number of nitrogens with one attached hydrogen (secondary N) is 2. The maximum Gasteiger partial charge on any atom is 0.221 e. The third-order valence-corrected chi connectivity index (χ3v) is 4.11. The van der Waals surface area contributed by atoms with Crippen LogP contribution in [0.4, 0.5) is 5.69 Å². The van der Waals surface area contributed by atoms with Gasteiger partial charge in [0.25, 0.3) is 0 Å². The van der Waals surface area contributed by atoms with Gasteiger partial charge in [-0.2, -0.15) is 5.10 Å². The third-order valence-electron chi connectivity index (χ3n) is 3.75. The van der Waals surface area contributed by atoms with Crippen LogP contribution in [0.15, 0.2) is 18.2 Å². The SMILES string of the molecule is CC(=O)Nc1ccc(-c2nn3nc(C(C)(C)C)c(Cl)c3[nH]2)c(C)c1. The first kappa shape index (κ1) is 16.5. The lowest BCUT2D eigenvalue weighted by Crippen LogP contribution is -2.13. The van der Waals surface area contributed by atoms with E-state index >= 15 is 0 Å². The molecule has 2 heterocycles. The number of aromatic nitrogens is 4. The van der Waals surface area contributed by atoms with Crippen molar-refractivity contribution in [3.63, 3.8) is 0 Å². The van der Waals surface area contributed by atoms with E-state index in [-0.39, 0.29) is 11.3 Å². The van der Waals surface area contributed by atoms with E-state index in [1.165, 1.54) is 6.92 Å². The monoisotopic (exact) mass is 345 g/mol. The van der Waals surface area contributed by atoms with E-state index in [4.69, 9.17) is 11.6 Å². The Morgan fingerprint density at radius 2 is 2.00 bits per heavy atom. The number of benzene rings is 1. The zero-order valence-electron chi connectivity index (χ0n) is 14.4. The Morgan fingerprint density at radius 3 is 2.54 bits per heavy atom. The molecule has 1 amide bonds. The van der Waals surface area contributed by atoms with Crippen LogP contribution in [-0.4, -0.2) is 25.7 Å². The number of hydrogen-bond acceptors (Lipinski definition) is 3. The molecule has 0 atom stereocenters. The summed E-state index contributed by atoms with van der Waals surface area (Å²) in [6, 6.07) is 5.67. The van der Waals surface area contributed by atoms with Crippen LogP contribution in [0.25, 0.3) is 17.0 Å². The van der Waals surface area contributed by atoms with Crippen molar-refractivity contribution < 1.29 is 4.79 Å². The number of H-pyrrole nitrogens is 1. The van der Waals surface area contributed by atoms with Gasteiger partial charge in [0.05, 0.1) is 5.69 Å². The molecule has 126 valence electrons. The van der Waals surface area contributed by atoms with Gasteiger partial charge in [-0.25, -0.2) is 0 Å². The second-order valence-electron chi connectivity index (χ2n) is 6.94. The van der Waals surface area contributed by atoms with Crippen molar-refractivity contribution >= 4 is 28.8 Å². The molecule has 0 radical (unpaired) electrons. The van der Waals surface area contributed by atoms with Crippen molar-refractivity contribution in [3.05, 3.63) is 34.5 Å². The number of anilines is 1. The predicted octanol–water partition coefficient (Wildman–Crippen LogP) is 3.94. The number of aromatic amines is 1. The van der Waals surface area contributed by atoms with Crippen LogP contribution < -0.4 is 5.32 Å². The molecule has 1 aromatic carbocycles. The Labute approximate surface area is 145 Å². The van der Waals surface area contributed by atoms with Gasteiger partial charge in [0, 0.05) is 23.6 Å². The Balaban J connectivity index is 2.03. The van der Waals surface area contributed by atoms with Gasteiger partial charge in [0.2, 0.25) is 5.91 Å². The number of nitrogens with zero attached hydrogens (tertiary/aromatic N) is 3. The molecule has 0 aliphatic rings. The molecule has 3 aromatic rings. The van der Waals surface area contributed by atoms with Crippen molar-refractivity contribution in [2.45, 2.75) is 40.0 Å². The summed E-state index contributed by atoms with van der Waals surface area (Å²) in [4.78, 5) is 14.4. The average Bonchev–Trinajstić information content (AvgIpc) is 2.98. The number of carbonyl (C=O) groups excluding carboxylic acids is 1. The highest BCUT2D eigenvalue weighted by molar-refractivity contribution is 6.34. The molecular formula is C17H20ClN5O. The van der Waals surface area contributed by atoms with Gasteiger partial charge >= 0.3 is 0 Å². The predicted molar refractivity (Wildman–Crippen MR) is 95.5 cm³/mol. The first-order valence-corrected chi connectivity index (χ1v) is 8.08. The quantitative estimate of drug-likeness (QED) is 0.738. The number of aryl methyl sites for hydroxylation is 1. The summed E-state index contributed by atoms with van der Waals surface area (Å²) in [5, 5.41) is 12.4. The third kappa shape index (κ3) is 2.89. The van der Waals surface area contributed by atoms with Gasteiger partial charge < -0.3 is 10.3 Å². The Bertz CT molecular complexity index is 932. The number of carbonyl (C=O) groups is 1. The minimum atomic E-state index is -0.151. The molecule has 2 N–H and O–H groups in total. The molecule has 0 aliphatic heterocycles. The van der Waals surface area contributed by atoms with E-state index in [1.54, 1.807) is 4.63 Å². The topological polar surface area (TPSA) is 75.1 Å². The van der Waals surface area contributed by atoms with E-state index in [0.717, 1.165) is 22.5 Å². The number of hydrogen-bond donors (Lipinski definition) is 2. The minimum Gasteiger partial charge on any atom is -0.326 e. The number of halogens is 1. The highest BCUT2D eigenvalue weighted by Gasteiger charge is 2.25. The van der Waals surface area contributed by atoms with Gasteiger partial charge in [-0.3, -0.25) is 4.79 Å². The van der Waals surface area contributed by atoms with E-state index in [9.17, 15) is 4.79 Å². The fraction of sp³-hybridized carbons (Fsp3) is 0.353. The molecule has 0 saturated heterocycles. The van der Waals surface area contributed by atoms with Gasteiger partial charge in [0.15, 0.2) is 11.5 Å². The maximum absolute atomic E-state index is 11.2. The summed E-state index contributed by atoms with van der Waals surface area (Å²) in [5.74, 6) is 0.590. The number of rotatable bonds is 2. The van der Waals surface area contributed by atoms with Gasteiger partial charge in [-0.1, -0.05) is 32.4 Å². The van der Waals surface area contributed by atoms with Crippen molar-refractivity contribution in [2.24, 2.45) is 0 Å². The molecule has 24 heavy (non-hydrogen) atoms. The zero-order chi connectivity index (χ0) is 17.6. The normalized spacial score (nSPS) is 11.9. The van der Waals surface area contributed by atoms with E-state index in [2.05, 4.69) is 41.3 Å². The van der Waals surface area contributed by atoms with Crippen molar-refractivity contribution in [2.75, 3.05) is 5.32 Å². The Hall–Kier alpha value is -2.34. The van der Waals surface area contributed by atoms with Crippen LogP contribution in [0.1, 0.15) is 39.0 Å². The van der Waals surface area contributed by atoms with Crippen LogP contribution >= 0.6 is 11.6 Å². The summed E-state index contributed by atoms with van der Waals surface area (Å²) < 4.78 is 1.54. The van der Waals surface area contributed by atoms with Crippen molar-refractivity contribution in [1.82, 2.24) is 19.8 Å². The first-order valence-electron chi connectivity index (χ1n) is 7.70. The van der Waals surface area contributed by atoms with Crippen molar-refractivity contribution in [1.29, 1.82) is 0 Å². The summed E-state index contributed by atoms with van der Waals surface area (Å²) in [7, 11) is 0. The molecule has 6 nitrogen and oxygen atoms in total. The second kappa shape index (κ2) is 5.63. The number of fused-ring (bicyclic) bond motifs is 1. The van der Waals surface area contributed by atoms with Gasteiger partial charge in [-0.05, 0) is 30.7 Å². The lowest BCUT2D eigenvalue weighted by atomic mass is 9.92. The molecule has 3 rings (SSSR count). The zero-order valence-corrected chi connectivity index (χ0v) is 15.1. The molecule has 0 bridgehead atoms. The highest BCUT2D eigenvalue weighted by atomic mass is 35.5. The smallest absolute Gasteiger partial charge is 0.221 e. The van der Waals surface area contributed by atoms with E-state index in [1.807, 2.05) is 25.1 Å². The molecule has 0 unspecified atom stereocenters. The summed E-state index contributed by atoms with van der Waals surface area (Å²) in [6.07, 6.45) is 0. The highest BCUT2D eigenvalue weighted by Crippen LogP contribution is 2.32. The number of amides is 1. The van der Waals surface area contributed by atoms with Crippen LogP contribution in [0.3, 0.4) is 0 Å². The van der Waals surface area contributed by atoms with Crippen LogP contribution in [0, 0.1) is 6.92 Å². The second-order valence-corrected chi connectivity index (χ2v) is 7.31. The standard InChI is InChI=1S/C17H20ClN5O/c1-9-8-11(19-10(2)24)6-7-12(9)15-20-16-13(18)14(17(3,4)5)21-23(16)22-15/h6-8H,1-5H3,(H,19,24)(H,20,22). The van der Waals surface area contributed by atoms with Crippen molar-refractivity contribution in [3.8, 4) is 11.4 Å². The Kier molecular flexibility index (Phi) is 3.87. The fourth-order valence-electron chi connectivity index (χ4n) is 2.61. The molecule has 0 saturated carbocycles. The summed E-state index contributed by atoms with van der Waals surface area (Å²) in [6.45, 7) is 9.64. The fourth-order valence-corrected chi connectivity index (χ4v) is 3.05. The molecule has 0 aliphatic carbocycles. The average molecular weight is 346 g/mol. The molecule has 0 fully saturated rings. The van der Waals surface area contributed by atoms with E-state index < -0.39 is 0 Å². The molecular weight excluding hydrogens is 326 g/mol. The maximum atomic E-state index is 11.2. The van der Waals surface area contributed by atoms with Crippen LogP contribution in [0.5, 0.6) is 0 Å². The first-order chi connectivity index (χ1) is 11.2. The lowest BCUT2D eigenvalue weighted by molar-refractivity contribution is -0.114. The Morgan fingerprint density at radius 1 is 1.29 bits per heavy atom. The minimum absolute atomic E-state index is 0.0971. The molecule has 7 heteroatoms. The van der Waals surface area contributed by atoms with Crippen LogP contribution in [0.2, 0.25) is 5.02 Å². The molecule has 2 aromatic heterocycles. The largest absolute Gasteiger partial charge is 0.326 e. The van der Waals surface area contributed by atoms with Crippen LogP contribution in [-0.2, 0) is 10.2 Å². The summed E-state index contributed by atoms with van der Waals surface area (Å²) in [5.41, 5.74) is 4.03. The lowest BCUT2D eigenvalue weighted by Gasteiger charge is -2.14. The van der Waals surface area contributed by atoms with Gasteiger partial charge in [-0.15, -0.1) is 9.73 Å². The summed E-state index contributed by atoms with van der Waals surface area (Å²) >= 11 is 6.46. The van der Waals surface area contributed by atoms with E-state index in [0.29, 0.717) is 16.5 Å². The van der Waals surface area contributed by atoms with Gasteiger partial charge in [0.1, 0.15) is 5.02 Å².